The number of piperidine rings is 1. The van der Waals surface area contributed by atoms with E-state index in [0.717, 1.165) is 37.1 Å². The average molecular weight is 474 g/mol. The Morgan fingerprint density at radius 3 is 2.53 bits per heavy atom. The Morgan fingerprint density at radius 2 is 1.88 bits per heavy atom. The first kappa shape index (κ1) is 25.0. The van der Waals surface area contributed by atoms with Crippen LogP contribution in [-0.2, 0) is 12.6 Å². The molecule has 0 spiro atoms. The SMILES string of the molecule is O.O=C(Nc1cccnc1)N1CCC(Cc2cccc(Oc3ccc(C(F)(F)F)cn3)c2)CC1. The Kier molecular flexibility index (Phi) is 8.06. The molecule has 2 aromatic heterocycles. The molecule has 7 nitrogen and oxygen atoms in total. The number of carbonyl (C=O) groups excluding carboxylic acids is 1. The van der Waals surface area contributed by atoms with Crippen LogP contribution in [0.4, 0.5) is 23.7 Å². The van der Waals surface area contributed by atoms with E-state index in [2.05, 4.69) is 15.3 Å². The molecular formula is C24H25F3N4O3. The standard InChI is InChI=1S/C24H23F3N4O2.H2O/c25-24(26,27)19-6-7-22(29-15-19)33-21-5-1-3-18(14-21)13-17-8-11-31(12-9-17)23(32)30-20-4-2-10-28-16-20;/h1-7,10,14-17H,8-9,11-13H2,(H,30,32);1H2. The molecule has 3 aromatic rings. The van der Waals surface area contributed by atoms with Gasteiger partial charge in [-0.2, -0.15) is 13.2 Å². The fourth-order valence-electron chi connectivity index (χ4n) is 3.78. The molecule has 3 N–H and O–H groups in total. The maximum absolute atomic E-state index is 12.7. The second-order valence-electron chi connectivity index (χ2n) is 7.94. The second kappa shape index (κ2) is 11.0. The number of aromatic nitrogens is 2. The zero-order chi connectivity index (χ0) is 23.3. The molecule has 2 amide bonds. The van der Waals surface area contributed by atoms with E-state index in [1.54, 1.807) is 35.5 Å². The first-order chi connectivity index (χ1) is 15.9. The molecule has 0 bridgehead atoms. The molecule has 180 valence electrons. The molecule has 1 saturated heterocycles. The van der Waals surface area contributed by atoms with Gasteiger partial charge in [-0.3, -0.25) is 4.98 Å². The Labute approximate surface area is 194 Å². The lowest BCUT2D eigenvalue weighted by Crippen LogP contribution is -2.41. The number of urea groups is 1. The number of halogens is 3. The lowest BCUT2D eigenvalue weighted by atomic mass is 9.90. The lowest BCUT2D eigenvalue weighted by molar-refractivity contribution is -0.137. The summed E-state index contributed by atoms with van der Waals surface area (Å²) in [7, 11) is 0. The summed E-state index contributed by atoms with van der Waals surface area (Å²) in [5.74, 6) is 1.05. The molecule has 1 fully saturated rings. The number of nitrogens with zero attached hydrogens (tertiary/aromatic N) is 3. The number of hydrogen-bond donors (Lipinski definition) is 1. The monoisotopic (exact) mass is 474 g/mol. The molecular weight excluding hydrogens is 449 g/mol. The van der Waals surface area contributed by atoms with E-state index in [1.165, 1.54) is 6.07 Å². The largest absolute Gasteiger partial charge is 0.439 e. The van der Waals surface area contributed by atoms with Crippen molar-refractivity contribution in [2.24, 2.45) is 5.92 Å². The second-order valence-corrected chi connectivity index (χ2v) is 7.94. The predicted octanol–water partition coefficient (Wildman–Crippen LogP) is 4.95. The van der Waals surface area contributed by atoms with Crippen LogP contribution in [0.15, 0.2) is 67.1 Å². The number of anilines is 1. The van der Waals surface area contributed by atoms with Crippen LogP contribution in [-0.4, -0.2) is 39.5 Å². The molecule has 1 aliphatic heterocycles. The quantitative estimate of drug-likeness (QED) is 0.566. The van der Waals surface area contributed by atoms with E-state index in [9.17, 15) is 18.0 Å². The predicted molar refractivity (Wildman–Crippen MR) is 121 cm³/mol. The summed E-state index contributed by atoms with van der Waals surface area (Å²) in [6.07, 6.45) is 2.19. The molecule has 34 heavy (non-hydrogen) atoms. The van der Waals surface area contributed by atoms with Gasteiger partial charge in [0.25, 0.3) is 0 Å². The van der Waals surface area contributed by atoms with Crippen molar-refractivity contribution in [1.29, 1.82) is 0 Å². The van der Waals surface area contributed by atoms with Gasteiger partial charge in [0.2, 0.25) is 5.88 Å². The van der Waals surface area contributed by atoms with Crippen LogP contribution in [0.3, 0.4) is 0 Å². The van der Waals surface area contributed by atoms with Gasteiger partial charge in [-0.1, -0.05) is 12.1 Å². The molecule has 0 saturated carbocycles. The fraction of sp³-hybridized carbons (Fsp3) is 0.292. The highest BCUT2D eigenvalue weighted by atomic mass is 19.4. The normalized spacial score (nSPS) is 14.3. The van der Waals surface area contributed by atoms with Gasteiger partial charge in [-0.05, 0) is 61.1 Å². The van der Waals surface area contributed by atoms with Crippen molar-refractivity contribution in [2.75, 3.05) is 18.4 Å². The van der Waals surface area contributed by atoms with E-state index >= 15 is 0 Å². The number of likely N-dealkylation sites (tertiary alicyclic amines) is 1. The van der Waals surface area contributed by atoms with E-state index in [-0.39, 0.29) is 17.4 Å². The average Bonchev–Trinajstić information content (AvgIpc) is 2.80. The van der Waals surface area contributed by atoms with Crippen LogP contribution >= 0.6 is 0 Å². The topological polar surface area (TPSA) is 98.9 Å². The molecule has 10 heteroatoms. The van der Waals surface area contributed by atoms with Gasteiger partial charge in [0.05, 0.1) is 17.4 Å². The van der Waals surface area contributed by atoms with Crippen LogP contribution < -0.4 is 10.1 Å². The van der Waals surface area contributed by atoms with Crippen molar-refractivity contribution < 1.29 is 28.2 Å². The highest BCUT2D eigenvalue weighted by Crippen LogP contribution is 2.30. The molecule has 0 atom stereocenters. The van der Waals surface area contributed by atoms with Gasteiger partial charge >= 0.3 is 12.2 Å². The Balaban J connectivity index is 0.00000324. The number of nitrogens with one attached hydrogen (secondary N) is 1. The third-order valence-corrected chi connectivity index (χ3v) is 5.52. The van der Waals surface area contributed by atoms with Crippen molar-refractivity contribution in [3.05, 3.63) is 78.2 Å². The fourth-order valence-corrected chi connectivity index (χ4v) is 3.78. The first-order valence-electron chi connectivity index (χ1n) is 10.6. The molecule has 1 aliphatic rings. The third kappa shape index (κ3) is 6.67. The summed E-state index contributed by atoms with van der Waals surface area (Å²) in [6, 6.07) is 13.1. The summed E-state index contributed by atoms with van der Waals surface area (Å²) in [6.45, 7) is 1.34. The van der Waals surface area contributed by atoms with Gasteiger partial charge in [0.15, 0.2) is 0 Å². The minimum absolute atomic E-state index is 0. The smallest absolute Gasteiger partial charge is 0.417 e. The Bertz CT molecular complexity index is 1070. The number of pyridine rings is 2. The molecule has 0 unspecified atom stereocenters. The number of rotatable bonds is 5. The molecule has 4 rings (SSSR count). The Hall–Kier alpha value is -3.66. The summed E-state index contributed by atoms with van der Waals surface area (Å²) in [5.41, 5.74) is 0.922. The number of amides is 2. The van der Waals surface area contributed by atoms with Gasteiger partial charge in [0.1, 0.15) is 5.75 Å². The van der Waals surface area contributed by atoms with Crippen molar-refractivity contribution in [3.8, 4) is 11.6 Å². The van der Waals surface area contributed by atoms with Gasteiger partial charge in [-0.15, -0.1) is 0 Å². The zero-order valence-electron chi connectivity index (χ0n) is 18.3. The molecule has 0 aliphatic carbocycles. The summed E-state index contributed by atoms with van der Waals surface area (Å²) in [5, 5.41) is 2.86. The van der Waals surface area contributed by atoms with Crippen LogP contribution in [0.2, 0.25) is 0 Å². The summed E-state index contributed by atoms with van der Waals surface area (Å²) < 4.78 is 43.7. The van der Waals surface area contributed by atoms with Crippen LogP contribution in [0.1, 0.15) is 24.0 Å². The molecule has 0 radical (unpaired) electrons. The van der Waals surface area contributed by atoms with Crippen LogP contribution in [0.5, 0.6) is 11.6 Å². The van der Waals surface area contributed by atoms with Crippen molar-refractivity contribution in [3.63, 3.8) is 0 Å². The molecule has 1 aromatic carbocycles. The van der Waals surface area contributed by atoms with Crippen LogP contribution in [0.25, 0.3) is 0 Å². The third-order valence-electron chi connectivity index (χ3n) is 5.52. The number of hydrogen-bond acceptors (Lipinski definition) is 4. The van der Waals surface area contributed by atoms with E-state index in [0.29, 0.717) is 30.4 Å². The van der Waals surface area contributed by atoms with Crippen molar-refractivity contribution >= 4 is 11.7 Å². The van der Waals surface area contributed by atoms with Gasteiger partial charge in [-0.25, -0.2) is 9.78 Å². The van der Waals surface area contributed by atoms with E-state index in [1.807, 2.05) is 18.2 Å². The van der Waals surface area contributed by atoms with Crippen molar-refractivity contribution in [2.45, 2.75) is 25.4 Å². The maximum atomic E-state index is 12.7. The van der Waals surface area contributed by atoms with E-state index in [4.69, 9.17) is 4.74 Å². The van der Waals surface area contributed by atoms with Gasteiger partial charge in [0, 0.05) is 31.5 Å². The molecule has 3 heterocycles. The minimum Gasteiger partial charge on any atom is -0.439 e. The maximum Gasteiger partial charge on any atom is 0.417 e. The van der Waals surface area contributed by atoms with Crippen molar-refractivity contribution in [1.82, 2.24) is 14.9 Å². The zero-order valence-corrected chi connectivity index (χ0v) is 18.3. The summed E-state index contributed by atoms with van der Waals surface area (Å²) in [4.78, 5) is 22.0. The summed E-state index contributed by atoms with van der Waals surface area (Å²) >= 11 is 0. The number of alkyl halides is 3. The minimum atomic E-state index is -4.43. The first-order valence-corrected chi connectivity index (χ1v) is 10.6. The number of carbonyl (C=O) groups is 1. The number of ether oxygens (including phenoxy) is 1. The Morgan fingerprint density at radius 1 is 1.09 bits per heavy atom. The van der Waals surface area contributed by atoms with Gasteiger partial charge < -0.3 is 20.4 Å². The van der Waals surface area contributed by atoms with Crippen LogP contribution in [0, 0.1) is 5.92 Å². The highest BCUT2D eigenvalue weighted by molar-refractivity contribution is 5.89. The lowest BCUT2D eigenvalue weighted by Gasteiger charge is -2.32. The van der Waals surface area contributed by atoms with E-state index < -0.39 is 11.7 Å². The highest BCUT2D eigenvalue weighted by Gasteiger charge is 2.30. The number of benzene rings is 1.